The molecule has 0 aromatic rings. The highest BCUT2D eigenvalue weighted by Crippen LogP contribution is 2.41. The van der Waals surface area contributed by atoms with Crippen LogP contribution in [0.2, 0.25) is 0 Å². The molecule has 1 unspecified atom stereocenters. The second-order valence-electron chi connectivity index (χ2n) is 6.22. The number of hydrogen-bond donors (Lipinski definition) is 2. The van der Waals surface area contributed by atoms with Crippen molar-refractivity contribution < 1.29 is 0 Å². The Morgan fingerprint density at radius 2 is 1.83 bits per heavy atom. The van der Waals surface area contributed by atoms with E-state index in [2.05, 4.69) is 24.2 Å². The second kappa shape index (κ2) is 6.36. The number of nitrogens with zero attached hydrogens (tertiary/aromatic N) is 1. The molecule has 106 valence electrons. The number of nitrogens with one attached hydrogen (secondary N) is 1. The smallest absolute Gasteiger partial charge is 0.0394 e. The lowest BCUT2D eigenvalue weighted by atomic mass is 9.83. The molecule has 2 rings (SSSR count). The van der Waals surface area contributed by atoms with Crippen molar-refractivity contribution in [3.63, 3.8) is 0 Å². The van der Waals surface area contributed by atoms with Crippen LogP contribution < -0.4 is 11.3 Å². The quantitative estimate of drug-likeness (QED) is 0.516. The summed E-state index contributed by atoms with van der Waals surface area (Å²) in [6.07, 6.45) is 10.9. The van der Waals surface area contributed by atoms with Gasteiger partial charge in [-0.15, -0.1) is 0 Å². The third kappa shape index (κ3) is 2.89. The standard InChI is InChI=1S/C15H31N3/c1-3-18(4-2)15(11-5-6-12-15)14(17-16)10-9-13-7-8-13/h13-14,17H,3-12,16H2,1-2H3. The first kappa shape index (κ1) is 14.3. The summed E-state index contributed by atoms with van der Waals surface area (Å²) in [6.45, 7) is 6.88. The fraction of sp³-hybridized carbons (Fsp3) is 1.00. The second-order valence-corrected chi connectivity index (χ2v) is 6.22. The maximum Gasteiger partial charge on any atom is 0.0394 e. The highest BCUT2D eigenvalue weighted by Gasteiger charge is 2.44. The van der Waals surface area contributed by atoms with E-state index in [-0.39, 0.29) is 0 Å². The van der Waals surface area contributed by atoms with Crippen LogP contribution >= 0.6 is 0 Å². The maximum atomic E-state index is 5.91. The van der Waals surface area contributed by atoms with E-state index in [0.717, 1.165) is 19.0 Å². The third-order valence-corrected chi connectivity index (χ3v) is 5.27. The molecule has 2 aliphatic rings. The molecule has 0 heterocycles. The van der Waals surface area contributed by atoms with Crippen LogP contribution in [0.4, 0.5) is 0 Å². The molecule has 0 aliphatic heterocycles. The van der Waals surface area contributed by atoms with E-state index < -0.39 is 0 Å². The highest BCUT2D eigenvalue weighted by atomic mass is 15.3. The van der Waals surface area contributed by atoms with Gasteiger partial charge in [-0.2, -0.15) is 0 Å². The van der Waals surface area contributed by atoms with Gasteiger partial charge in [0.05, 0.1) is 0 Å². The number of rotatable bonds is 8. The Morgan fingerprint density at radius 1 is 1.22 bits per heavy atom. The molecule has 0 amide bonds. The van der Waals surface area contributed by atoms with Gasteiger partial charge in [0.15, 0.2) is 0 Å². The summed E-state index contributed by atoms with van der Waals surface area (Å²) in [6, 6.07) is 0.487. The number of hydrogen-bond acceptors (Lipinski definition) is 3. The normalized spacial score (nSPS) is 24.7. The molecule has 3 nitrogen and oxygen atoms in total. The minimum absolute atomic E-state index is 0.340. The van der Waals surface area contributed by atoms with Crippen LogP contribution in [-0.2, 0) is 0 Å². The van der Waals surface area contributed by atoms with Crippen LogP contribution in [0.15, 0.2) is 0 Å². The van der Waals surface area contributed by atoms with Gasteiger partial charge in [0.2, 0.25) is 0 Å². The SMILES string of the molecule is CCN(CC)C1(C(CCC2CC2)NN)CCCC1. The lowest BCUT2D eigenvalue weighted by Gasteiger charge is -2.46. The molecule has 2 fully saturated rings. The molecule has 1 atom stereocenters. The zero-order valence-electron chi connectivity index (χ0n) is 12.3. The number of hydrazine groups is 1. The minimum Gasteiger partial charge on any atom is -0.297 e. The molecule has 0 aromatic heterocycles. The first-order valence-corrected chi connectivity index (χ1v) is 7.98. The maximum absolute atomic E-state index is 5.91. The van der Waals surface area contributed by atoms with Crippen molar-refractivity contribution in [3.8, 4) is 0 Å². The van der Waals surface area contributed by atoms with Crippen molar-refractivity contribution in [2.24, 2.45) is 11.8 Å². The van der Waals surface area contributed by atoms with Crippen molar-refractivity contribution >= 4 is 0 Å². The van der Waals surface area contributed by atoms with E-state index >= 15 is 0 Å². The fourth-order valence-electron chi connectivity index (χ4n) is 4.04. The summed E-state index contributed by atoms with van der Waals surface area (Å²) < 4.78 is 0. The molecule has 0 bridgehead atoms. The van der Waals surface area contributed by atoms with Gasteiger partial charge in [0, 0.05) is 11.6 Å². The molecule has 0 saturated heterocycles. The topological polar surface area (TPSA) is 41.3 Å². The van der Waals surface area contributed by atoms with Gasteiger partial charge in [0.25, 0.3) is 0 Å². The molecule has 0 spiro atoms. The summed E-state index contributed by atoms with van der Waals surface area (Å²) in [4.78, 5) is 2.66. The zero-order chi connectivity index (χ0) is 13.0. The summed E-state index contributed by atoms with van der Waals surface area (Å²) in [7, 11) is 0. The van der Waals surface area contributed by atoms with Crippen LogP contribution in [0.5, 0.6) is 0 Å². The average molecular weight is 253 g/mol. The van der Waals surface area contributed by atoms with Crippen molar-refractivity contribution in [2.45, 2.75) is 76.8 Å². The van der Waals surface area contributed by atoms with Crippen LogP contribution in [0.3, 0.4) is 0 Å². The predicted molar refractivity (Wildman–Crippen MR) is 77.2 cm³/mol. The number of likely N-dealkylation sites (N-methyl/N-ethyl adjacent to an activating group) is 1. The van der Waals surface area contributed by atoms with E-state index in [9.17, 15) is 0 Å². The van der Waals surface area contributed by atoms with Crippen molar-refractivity contribution in [3.05, 3.63) is 0 Å². The molecule has 0 aromatic carbocycles. The lowest BCUT2D eigenvalue weighted by Crippen LogP contribution is -2.61. The average Bonchev–Trinajstić information content (AvgIpc) is 3.09. The van der Waals surface area contributed by atoms with Crippen LogP contribution in [0.1, 0.15) is 65.2 Å². The molecular formula is C15H31N3. The largest absolute Gasteiger partial charge is 0.297 e. The highest BCUT2D eigenvalue weighted by molar-refractivity contribution is 5.03. The van der Waals surface area contributed by atoms with E-state index in [1.165, 1.54) is 51.4 Å². The Kier molecular flexibility index (Phi) is 5.05. The summed E-state index contributed by atoms with van der Waals surface area (Å²) in [5, 5.41) is 0. The Labute approximate surface area is 112 Å². The van der Waals surface area contributed by atoms with E-state index in [1.54, 1.807) is 0 Å². The van der Waals surface area contributed by atoms with E-state index in [0.29, 0.717) is 11.6 Å². The molecule has 2 saturated carbocycles. The van der Waals surface area contributed by atoms with Crippen LogP contribution in [0, 0.1) is 5.92 Å². The summed E-state index contributed by atoms with van der Waals surface area (Å²) in [5.74, 6) is 6.93. The molecule has 3 heteroatoms. The van der Waals surface area contributed by atoms with Gasteiger partial charge in [-0.05, 0) is 44.7 Å². The summed E-state index contributed by atoms with van der Waals surface area (Å²) >= 11 is 0. The monoisotopic (exact) mass is 253 g/mol. The molecule has 2 aliphatic carbocycles. The fourth-order valence-corrected chi connectivity index (χ4v) is 4.04. The molecular weight excluding hydrogens is 222 g/mol. The van der Waals surface area contributed by atoms with Crippen LogP contribution in [0.25, 0.3) is 0 Å². The van der Waals surface area contributed by atoms with Gasteiger partial charge in [-0.25, -0.2) is 0 Å². The van der Waals surface area contributed by atoms with Crippen molar-refractivity contribution in [1.29, 1.82) is 0 Å². The zero-order valence-corrected chi connectivity index (χ0v) is 12.3. The third-order valence-electron chi connectivity index (χ3n) is 5.27. The Balaban J connectivity index is 2.04. The van der Waals surface area contributed by atoms with Gasteiger partial charge in [-0.1, -0.05) is 39.5 Å². The Bertz CT molecular complexity index is 240. The predicted octanol–water partition coefficient (Wildman–Crippen LogP) is 2.66. The lowest BCUT2D eigenvalue weighted by molar-refractivity contribution is 0.0583. The number of nitrogens with two attached hydrogens (primary N) is 1. The van der Waals surface area contributed by atoms with Crippen molar-refractivity contribution in [2.75, 3.05) is 13.1 Å². The minimum atomic E-state index is 0.340. The van der Waals surface area contributed by atoms with Crippen LogP contribution in [-0.4, -0.2) is 29.6 Å². The molecule has 18 heavy (non-hydrogen) atoms. The van der Waals surface area contributed by atoms with E-state index in [1.807, 2.05) is 0 Å². The van der Waals surface area contributed by atoms with Gasteiger partial charge in [0.1, 0.15) is 0 Å². The van der Waals surface area contributed by atoms with Gasteiger partial charge >= 0.3 is 0 Å². The van der Waals surface area contributed by atoms with E-state index in [4.69, 9.17) is 5.84 Å². The summed E-state index contributed by atoms with van der Waals surface area (Å²) in [5.41, 5.74) is 3.52. The Morgan fingerprint density at radius 3 is 2.28 bits per heavy atom. The Hall–Kier alpha value is -0.120. The van der Waals surface area contributed by atoms with Gasteiger partial charge in [-0.3, -0.25) is 16.2 Å². The van der Waals surface area contributed by atoms with Crippen molar-refractivity contribution in [1.82, 2.24) is 10.3 Å². The molecule has 0 radical (unpaired) electrons. The molecule has 3 N–H and O–H groups in total. The first-order chi connectivity index (χ1) is 8.76. The van der Waals surface area contributed by atoms with Gasteiger partial charge < -0.3 is 0 Å². The first-order valence-electron chi connectivity index (χ1n) is 7.98.